The Labute approximate surface area is 109 Å². The molecule has 1 aromatic rings. The van der Waals surface area contributed by atoms with Crippen molar-refractivity contribution in [2.45, 2.75) is 13.3 Å². The number of anilines is 1. The zero-order valence-corrected chi connectivity index (χ0v) is 10.3. The largest absolute Gasteiger partial charge is 0.481 e. The number of carboxylic acid groups (broad SMARTS) is 1. The van der Waals surface area contributed by atoms with Gasteiger partial charge in [-0.2, -0.15) is 0 Å². The fourth-order valence-electron chi connectivity index (χ4n) is 2.16. The van der Waals surface area contributed by atoms with Crippen LogP contribution in [0.15, 0.2) is 12.1 Å². The second-order valence-electron chi connectivity index (χ2n) is 4.80. The van der Waals surface area contributed by atoms with Crippen molar-refractivity contribution in [3.63, 3.8) is 0 Å². The van der Waals surface area contributed by atoms with Gasteiger partial charge in [0.05, 0.1) is 11.8 Å². The van der Waals surface area contributed by atoms with Crippen molar-refractivity contribution in [1.29, 1.82) is 0 Å². The van der Waals surface area contributed by atoms with Gasteiger partial charge in [-0.1, -0.05) is 0 Å². The number of rotatable bonds is 3. The lowest BCUT2D eigenvalue weighted by Crippen LogP contribution is -2.17. The molecule has 0 radical (unpaired) electrons. The van der Waals surface area contributed by atoms with E-state index in [4.69, 9.17) is 14.6 Å². The summed E-state index contributed by atoms with van der Waals surface area (Å²) in [5, 5.41) is 11.6. The summed E-state index contributed by atoms with van der Waals surface area (Å²) in [6, 6.07) is 3.49. The standard InChI is InChI=1S/C13H13NO5/c1-6-2-10-11(19-5-18-10)4-9(6)14-12(15)7-3-8(7)13(16)17/h2,4,7-8H,3,5H2,1H3,(H,14,15)(H,16,17)/t7-,8-/m0/s1. The van der Waals surface area contributed by atoms with Crippen LogP contribution in [0, 0.1) is 18.8 Å². The minimum absolute atomic E-state index is 0.176. The van der Waals surface area contributed by atoms with Crippen molar-refractivity contribution in [2.24, 2.45) is 11.8 Å². The van der Waals surface area contributed by atoms with Gasteiger partial charge in [-0.15, -0.1) is 0 Å². The first-order chi connectivity index (χ1) is 9.06. The number of carbonyl (C=O) groups excluding carboxylic acids is 1. The van der Waals surface area contributed by atoms with Gasteiger partial charge in [0, 0.05) is 11.8 Å². The number of carboxylic acids is 1. The molecule has 1 heterocycles. The summed E-state index contributed by atoms with van der Waals surface area (Å²) in [6.45, 7) is 2.02. The Hall–Kier alpha value is -2.24. The van der Waals surface area contributed by atoms with E-state index in [0.29, 0.717) is 23.6 Å². The molecule has 0 aromatic heterocycles. The molecule has 6 heteroatoms. The van der Waals surface area contributed by atoms with Crippen LogP contribution < -0.4 is 14.8 Å². The minimum atomic E-state index is -0.914. The lowest BCUT2D eigenvalue weighted by molar-refractivity contribution is -0.139. The predicted octanol–water partition coefficient (Wildman–Crippen LogP) is 1.38. The van der Waals surface area contributed by atoms with E-state index in [0.717, 1.165) is 5.56 Å². The van der Waals surface area contributed by atoms with Crippen molar-refractivity contribution in [3.8, 4) is 11.5 Å². The summed E-state index contributed by atoms with van der Waals surface area (Å²) in [5.41, 5.74) is 1.48. The first-order valence-electron chi connectivity index (χ1n) is 6.00. The van der Waals surface area contributed by atoms with Crippen LogP contribution in [0.25, 0.3) is 0 Å². The van der Waals surface area contributed by atoms with E-state index in [1.54, 1.807) is 12.1 Å². The van der Waals surface area contributed by atoms with Crippen LogP contribution in [0.4, 0.5) is 5.69 Å². The summed E-state index contributed by atoms with van der Waals surface area (Å²) >= 11 is 0. The number of aryl methyl sites for hydroxylation is 1. The van der Waals surface area contributed by atoms with E-state index in [1.165, 1.54) is 0 Å². The molecule has 2 N–H and O–H groups in total. The van der Waals surface area contributed by atoms with Crippen molar-refractivity contribution < 1.29 is 24.2 Å². The molecule has 6 nitrogen and oxygen atoms in total. The molecule has 1 amide bonds. The molecule has 19 heavy (non-hydrogen) atoms. The quantitative estimate of drug-likeness (QED) is 0.860. The van der Waals surface area contributed by atoms with Crippen LogP contribution >= 0.6 is 0 Å². The summed E-state index contributed by atoms with van der Waals surface area (Å²) in [5.74, 6) is -0.898. The van der Waals surface area contributed by atoms with Gasteiger partial charge < -0.3 is 19.9 Å². The Morgan fingerprint density at radius 2 is 1.95 bits per heavy atom. The Kier molecular flexibility index (Phi) is 2.58. The van der Waals surface area contributed by atoms with Crippen LogP contribution in [0.3, 0.4) is 0 Å². The lowest BCUT2D eigenvalue weighted by atomic mass is 10.1. The molecule has 1 fully saturated rings. The fourth-order valence-corrected chi connectivity index (χ4v) is 2.16. The van der Waals surface area contributed by atoms with E-state index < -0.39 is 17.8 Å². The maximum absolute atomic E-state index is 11.9. The first-order valence-corrected chi connectivity index (χ1v) is 6.00. The molecule has 0 bridgehead atoms. The average molecular weight is 263 g/mol. The maximum Gasteiger partial charge on any atom is 0.307 e. The van der Waals surface area contributed by atoms with E-state index in [-0.39, 0.29) is 12.7 Å². The SMILES string of the molecule is Cc1cc2c(cc1NC(=O)[C@H]1C[C@@H]1C(=O)O)OCO2. The highest BCUT2D eigenvalue weighted by molar-refractivity contribution is 5.98. The lowest BCUT2D eigenvalue weighted by Gasteiger charge is -2.09. The van der Waals surface area contributed by atoms with Gasteiger partial charge in [0.2, 0.25) is 12.7 Å². The van der Waals surface area contributed by atoms with Crippen LogP contribution in [0.5, 0.6) is 11.5 Å². The van der Waals surface area contributed by atoms with Crippen molar-refractivity contribution in [2.75, 3.05) is 12.1 Å². The number of hydrogen-bond acceptors (Lipinski definition) is 4. The number of nitrogens with one attached hydrogen (secondary N) is 1. The van der Waals surface area contributed by atoms with Crippen LogP contribution in [-0.4, -0.2) is 23.8 Å². The highest BCUT2D eigenvalue weighted by Crippen LogP contribution is 2.41. The van der Waals surface area contributed by atoms with Crippen LogP contribution in [-0.2, 0) is 9.59 Å². The van der Waals surface area contributed by atoms with E-state index in [1.807, 2.05) is 6.92 Å². The third kappa shape index (κ3) is 2.09. The molecule has 3 rings (SSSR count). The summed E-state index contributed by atoms with van der Waals surface area (Å²) < 4.78 is 10.5. The van der Waals surface area contributed by atoms with Gasteiger partial charge in [0.15, 0.2) is 11.5 Å². The Balaban J connectivity index is 1.74. The molecular formula is C13H13NO5. The zero-order valence-electron chi connectivity index (χ0n) is 10.3. The number of carbonyl (C=O) groups is 2. The molecule has 1 aliphatic carbocycles. The molecule has 100 valence electrons. The number of benzene rings is 1. The van der Waals surface area contributed by atoms with Gasteiger partial charge in [-0.05, 0) is 25.0 Å². The Bertz CT molecular complexity index is 568. The van der Waals surface area contributed by atoms with Gasteiger partial charge in [0.25, 0.3) is 0 Å². The molecule has 1 aromatic carbocycles. The number of ether oxygens (including phenoxy) is 2. The first kappa shape index (κ1) is 11.8. The normalized spacial score (nSPS) is 23.0. The van der Waals surface area contributed by atoms with Crippen molar-refractivity contribution >= 4 is 17.6 Å². The molecule has 0 unspecified atom stereocenters. The second-order valence-corrected chi connectivity index (χ2v) is 4.80. The van der Waals surface area contributed by atoms with E-state index in [9.17, 15) is 9.59 Å². The number of hydrogen-bond donors (Lipinski definition) is 2. The number of fused-ring (bicyclic) bond motifs is 1. The van der Waals surface area contributed by atoms with Gasteiger partial charge in [0.1, 0.15) is 0 Å². The second kappa shape index (κ2) is 4.15. The molecule has 0 spiro atoms. The average Bonchev–Trinajstić information content (AvgIpc) is 3.05. The van der Waals surface area contributed by atoms with E-state index >= 15 is 0 Å². The number of aliphatic carboxylic acids is 1. The van der Waals surface area contributed by atoms with E-state index in [2.05, 4.69) is 5.32 Å². The van der Waals surface area contributed by atoms with Crippen molar-refractivity contribution in [1.82, 2.24) is 0 Å². The molecule has 0 saturated heterocycles. The minimum Gasteiger partial charge on any atom is -0.481 e. The van der Waals surface area contributed by atoms with Crippen molar-refractivity contribution in [3.05, 3.63) is 17.7 Å². The maximum atomic E-state index is 11.9. The molecule has 1 saturated carbocycles. The molecule has 2 aliphatic rings. The highest BCUT2D eigenvalue weighted by Gasteiger charge is 2.48. The van der Waals surface area contributed by atoms with Crippen LogP contribution in [0.1, 0.15) is 12.0 Å². The molecule has 1 aliphatic heterocycles. The molecule has 2 atom stereocenters. The van der Waals surface area contributed by atoms with Gasteiger partial charge >= 0.3 is 5.97 Å². The summed E-state index contributed by atoms with van der Waals surface area (Å²) in [4.78, 5) is 22.6. The number of amides is 1. The summed E-state index contributed by atoms with van der Waals surface area (Å²) in [7, 11) is 0. The van der Waals surface area contributed by atoms with Gasteiger partial charge in [-0.25, -0.2) is 0 Å². The topological polar surface area (TPSA) is 84.9 Å². The van der Waals surface area contributed by atoms with Gasteiger partial charge in [-0.3, -0.25) is 9.59 Å². The monoisotopic (exact) mass is 263 g/mol. The third-order valence-electron chi connectivity index (χ3n) is 3.42. The zero-order chi connectivity index (χ0) is 13.6. The third-order valence-corrected chi connectivity index (χ3v) is 3.42. The Morgan fingerprint density at radius 1 is 1.26 bits per heavy atom. The smallest absolute Gasteiger partial charge is 0.307 e. The Morgan fingerprint density at radius 3 is 2.58 bits per heavy atom. The predicted molar refractivity (Wildman–Crippen MR) is 65.2 cm³/mol. The highest BCUT2D eigenvalue weighted by atomic mass is 16.7. The summed E-state index contributed by atoms with van der Waals surface area (Å²) in [6.07, 6.45) is 0.408. The fraction of sp³-hybridized carbons (Fsp3) is 0.385. The van der Waals surface area contributed by atoms with Crippen LogP contribution in [0.2, 0.25) is 0 Å². The molecular weight excluding hydrogens is 250 g/mol.